The lowest BCUT2D eigenvalue weighted by atomic mass is 10.2. The molecule has 0 saturated heterocycles. The second-order valence-corrected chi connectivity index (χ2v) is 5.23. The van der Waals surface area contributed by atoms with E-state index in [1.165, 1.54) is 12.1 Å². The van der Waals surface area contributed by atoms with Crippen LogP contribution in [0.25, 0.3) is 10.9 Å². The number of aromatic nitrogens is 4. The summed E-state index contributed by atoms with van der Waals surface area (Å²) in [4.78, 5) is 16.9. The number of rotatable bonds is 5. The van der Waals surface area contributed by atoms with Crippen LogP contribution in [-0.4, -0.2) is 37.6 Å². The summed E-state index contributed by atoms with van der Waals surface area (Å²) in [5.74, 6) is -0.241. The molecule has 0 aliphatic heterocycles. The number of fused-ring (bicyclic) bond motifs is 1. The van der Waals surface area contributed by atoms with Gasteiger partial charge in [0.05, 0.1) is 6.54 Å². The number of nitrogens with zero attached hydrogens (tertiary/aromatic N) is 4. The third kappa shape index (κ3) is 3.13. The van der Waals surface area contributed by atoms with E-state index in [9.17, 15) is 9.18 Å². The van der Waals surface area contributed by atoms with Crippen LogP contribution in [0.2, 0.25) is 0 Å². The Balaban J connectivity index is 1.61. The molecule has 3 aromatic rings. The molecule has 2 heterocycles. The fourth-order valence-corrected chi connectivity index (χ4v) is 2.35. The van der Waals surface area contributed by atoms with Crippen molar-refractivity contribution in [2.45, 2.75) is 19.5 Å². The van der Waals surface area contributed by atoms with Crippen LogP contribution in [0.5, 0.6) is 0 Å². The fraction of sp³-hybridized carbons (Fsp3) is 0.267. The van der Waals surface area contributed by atoms with Crippen molar-refractivity contribution in [1.29, 1.82) is 0 Å². The third-order valence-corrected chi connectivity index (χ3v) is 3.52. The van der Waals surface area contributed by atoms with Crippen molar-refractivity contribution in [1.82, 2.24) is 24.6 Å². The minimum atomic E-state index is -0.267. The van der Waals surface area contributed by atoms with Crippen LogP contribution in [0.4, 0.5) is 4.39 Å². The van der Waals surface area contributed by atoms with Gasteiger partial charge in [-0.3, -0.25) is 4.79 Å². The quantitative estimate of drug-likeness (QED) is 0.783. The van der Waals surface area contributed by atoms with Gasteiger partial charge in [-0.15, -0.1) is 10.2 Å². The van der Waals surface area contributed by atoms with E-state index in [0.29, 0.717) is 19.5 Å². The van der Waals surface area contributed by atoms with Crippen molar-refractivity contribution < 1.29 is 9.18 Å². The van der Waals surface area contributed by atoms with E-state index in [4.69, 9.17) is 0 Å². The molecule has 0 bridgehead atoms. The van der Waals surface area contributed by atoms with Crippen LogP contribution in [0, 0.1) is 5.82 Å². The van der Waals surface area contributed by atoms with E-state index in [2.05, 4.69) is 15.2 Å². The Labute approximate surface area is 126 Å². The minimum Gasteiger partial charge on any atom is -0.357 e. The number of aryl methyl sites for hydroxylation is 1. The lowest BCUT2D eigenvalue weighted by Crippen LogP contribution is -2.27. The highest BCUT2D eigenvalue weighted by Gasteiger charge is 2.11. The normalized spacial score (nSPS) is 11.0. The van der Waals surface area contributed by atoms with Gasteiger partial charge in [0.25, 0.3) is 0 Å². The molecule has 114 valence electrons. The smallest absolute Gasteiger partial charge is 0.224 e. The highest BCUT2D eigenvalue weighted by atomic mass is 19.1. The van der Waals surface area contributed by atoms with Crippen LogP contribution in [0.1, 0.15) is 12.1 Å². The maximum absolute atomic E-state index is 13.2. The monoisotopic (exact) mass is 301 g/mol. The van der Waals surface area contributed by atoms with Crippen LogP contribution in [0.15, 0.2) is 36.9 Å². The molecule has 7 heteroatoms. The van der Waals surface area contributed by atoms with Crippen molar-refractivity contribution >= 4 is 16.8 Å². The topological polar surface area (TPSA) is 66.8 Å². The number of nitrogens with one attached hydrogen (secondary N) is 1. The molecule has 0 fully saturated rings. The molecule has 1 amide bonds. The van der Waals surface area contributed by atoms with E-state index in [1.807, 2.05) is 6.07 Å². The molecule has 0 aliphatic carbocycles. The Morgan fingerprint density at radius 2 is 2.09 bits per heavy atom. The number of aromatic amines is 1. The SMILES string of the molecule is CN(Cc1cc2cc(F)ccc2[nH]1)C(=O)CCn1cnnc1. The standard InChI is InChI=1S/C15H16FN5O/c1-20(15(22)4-5-21-9-17-18-10-21)8-13-7-11-6-12(16)2-3-14(11)19-13/h2-3,6-7,9-10,19H,4-5,8H2,1H3. The number of H-pyrrole nitrogens is 1. The Bertz CT molecular complexity index is 780. The first-order valence-electron chi connectivity index (χ1n) is 6.95. The predicted octanol–water partition coefficient (Wildman–Crippen LogP) is 1.95. The molecule has 0 aliphatic rings. The van der Waals surface area contributed by atoms with Crippen LogP contribution in [0.3, 0.4) is 0 Å². The number of carbonyl (C=O) groups excluding carboxylic acids is 1. The third-order valence-electron chi connectivity index (χ3n) is 3.52. The molecule has 0 radical (unpaired) electrons. The van der Waals surface area contributed by atoms with Crippen molar-refractivity contribution in [3.8, 4) is 0 Å². The number of hydrogen-bond acceptors (Lipinski definition) is 3. The van der Waals surface area contributed by atoms with Gasteiger partial charge in [0, 0.05) is 36.6 Å². The highest BCUT2D eigenvalue weighted by molar-refractivity contribution is 5.81. The predicted molar refractivity (Wildman–Crippen MR) is 79.4 cm³/mol. The van der Waals surface area contributed by atoms with Gasteiger partial charge < -0.3 is 14.5 Å². The summed E-state index contributed by atoms with van der Waals surface area (Å²) in [5, 5.41) is 8.20. The largest absolute Gasteiger partial charge is 0.357 e. The Morgan fingerprint density at radius 3 is 2.86 bits per heavy atom. The molecule has 3 rings (SSSR count). The first-order chi connectivity index (χ1) is 10.6. The summed E-state index contributed by atoms with van der Waals surface area (Å²) in [5.41, 5.74) is 1.74. The molecule has 0 saturated carbocycles. The van der Waals surface area contributed by atoms with E-state index >= 15 is 0 Å². The molecular formula is C15H16FN5O. The van der Waals surface area contributed by atoms with Crippen molar-refractivity contribution in [2.24, 2.45) is 0 Å². The van der Waals surface area contributed by atoms with Crippen molar-refractivity contribution in [3.63, 3.8) is 0 Å². The molecule has 2 aromatic heterocycles. The lowest BCUT2D eigenvalue weighted by Gasteiger charge is -2.16. The summed E-state index contributed by atoms with van der Waals surface area (Å²) in [6.45, 7) is 1.01. The number of hydrogen-bond donors (Lipinski definition) is 1. The summed E-state index contributed by atoms with van der Waals surface area (Å²) in [7, 11) is 1.75. The molecule has 1 aromatic carbocycles. The minimum absolute atomic E-state index is 0.0264. The second kappa shape index (κ2) is 5.97. The van der Waals surface area contributed by atoms with E-state index in [1.54, 1.807) is 35.2 Å². The maximum atomic E-state index is 13.2. The second-order valence-electron chi connectivity index (χ2n) is 5.23. The number of halogens is 1. The average Bonchev–Trinajstić information content (AvgIpc) is 3.12. The molecule has 0 spiro atoms. The van der Waals surface area contributed by atoms with Gasteiger partial charge in [-0.1, -0.05) is 0 Å². The van der Waals surface area contributed by atoms with Crippen LogP contribution < -0.4 is 0 Å². The summed E-state index contributed by atoms with van der Waals surface area (Å²) >= 11 is 0. The Kier molecular flexibility index (Phi) is 3.86. The number of benzene rings is 1. The van der Waals surface area contributed by atoms with Gasteiger partial charge in [0.15, 0.2) is 0 Å². The van der Waals surface area contributed by atoms with Gasteiger partial charge in [-0.05, 0) is 24.3 Å². The molecular weight excluding hydrogens is 285 g/mol. The number of carbonyl (C=O) groups is 1. The summed E-state index contributed by atoms with van der Waals surface area (Å²) in [6.07, 6.45) is 3.54. The van der Waals surface area contributed by atoms with Crippen molar-refractivity contribution in [2.75, 3.05) is 7.05 Å². The van der Waals surface area contributed by atoms with Gasteiger partial charge in [-0.2, -0.15) is 0 Å². The first-order valence-corrected chi connectivity index (χ1v) is 6.95. The zero-order valence-electron chi connectivity index (χ0n) is 12.2. The van der Waals surface area contributed by atoms with Gasteiger partial charge >= 0.3 is 0 Å². The van der Waals surface area contributed by atoms with E-state index in [-0.39, 0.29) is 11.7 Å². The lowest BCUT2D eigenvalue weighted by molar-refractivity contribution is -0.130. The van der Waals surface area contributed by atoms with Gasteiger partial charge in [0.1, 0.15) is 18.5 Å². The summed E-state index contributed by atoms with van der Waals surface area (Å²) in [6, 6.07) is 6.45. The zero-order chi connectivity index (χ0) is 15.5. The molecule has 22 heavy (non-hydrogen) atoms. The first kappa shape index (κ1) is 14.2. The van der Waals surface area contributed by atoms with Crippen molar-refractivity contribution in [3.05, 3.63) is 48.4 Å². The maximum Gasteiger partial charge on any atom is 0.224 e. The molecule has 1 N–H and O–H groups in total. The zero-order valence-corrected chi connectivity index (χ0v) is 12.2. The van der Waals surface area contributed by atoms with E-state index in [0.717, 1.165) is 16.6 Å². The molecule has 0 unspecified atom stereocenters. The average molecular weight is 301 g/mol. The van der Waals surface area contributed by atoms with Crippen LogP contribution in [-0.2, 0) is 17.9 Å². The molecule has 0 atom stereocenters. The number of amides is 1. The van der Waals surface area contributed by atoms with Gasteiger partial charge in [0.2, 0.25) is 5.91 Å². The van der Waals surface area contributed by atoms with Gasteiger partial charge in [-0.25, -0.2) is 4.39 Å². The highest BCUT2D eigenvalue weighted by Crippen LogP contribution is 2.17. The fourth-order valence-electron chi connectivity index (χ4n) is 2.35. The Morgan fingerprint density at radius 1 is 1.32 bits per heavy atom. The summed E-state index contributed by atoms with van der Waals surface area (Å²) < 4.78 is 14.9. The Hall–Kier alpha value is -2.70. The molecule has 6 nitrogen and oxygen atoms in total. The van der Waals surface area contributed by atoms with Crippen LogP contribution >= 0.6 is 0 Å². The van der Waals surface area contributed by atoms with E-state index < -0.39 is 0 Å².